The molecule has 4 aromatic rings. The van der Waals surface area contributed by atoms with E-state index in [-0.39, 0.29) is 32.3 Å². The Kier molecular flexibility index (Phi) is 16.5. The Balaban J connectivity index is 0.000000209. The number of benzene rings is 2. The summed E-state index contributed by atoms with van der Waals surface area (Å²) in [5, 5.41) is 20.2. The fraction of sp³-hybridized carbons (Fsp3) is 0.500. The number of carbonyl (C=O) groups is 1. The van der Waals surface area contributed by atoms with E-state index in [2.05, 4.69) is 33.1 Å². The molecule has 2 fully saturated rings. The Labute approximate surface area is 354 Å². The van der Waals surface area contributed by atoms with Gasteiger partial charge >= 0.3 is 0 Å². The fourth-order valence-electron chi connectivity index (χ4n) is 6.36. The Morgan fingerprint density at radius 1 is 0.772 bits per heavy atom. The number of sulfonamides is 2. The molecule has 0 aliphatic carbocycles. The minimum absolute atomic E-state index is 0.000216. The van der Waals surface area contributed by atoms with Gasteiger partial charge in [-0.05, 0) is 112 Å². The first-order chi connectivity index (χ1) is 26.7. The molecule has 2 aliphatic rings. The van der Waals surface area contributed by atoms with Gasteiger partial charge in [-0.1, -0.05) is 35.3 Å². The van der Waals surface area contributed by atoms with Gasteiger partial charge in [0.15, 0.2) is 0 Å². The number of halogens is 3. The summed E-state index contributed by atoms with van der Waals surface area (Å²) in [6.45, 7) is 9.40. The van der Waals surface area contributed by atoms with Crippen molar-refractivity contribution in [1.82, 2.24) is 28.2 Å². The fourth-order valence-corrected chi connectivity index (χ4v) is 9.47. The first-order valence-corrected chi connectivity index (χ1v) is 22.7. The van der Waals surface area contributed by atoms with Crippen molar-refractivity contribution in [2.24, 2.45) is 0 Å². The molecule has 2 aliphatic heterocycles. The minimum Gasteiger partial charge on any atom is -0.384 e. The molecule has 14 nitrogen and oxygen atoms in total. The number of aryl methyl sites for hydroxylation is 2. The number of aldehydes is 1. The van der Waals surface area contributed by atoms with Crippen LogP contribution >= 0.6 is 39.1 Å². The van der Waals surface area contributed by atoms with E-state index in [1.54, 1.807) is 6.07 Å². The van der Waals surface area contributed by atoms with Crippen molar-refractivity contribution in [3.63, 3.8) is 0 Å². The molecule has 4 heterocycles. The van der Waals surface area contributed by atoms with Crippen molar-refractivity contribution in [3.05, 3.63) is 90.4 Å². The smallest absolute Gasteiger partial charge is 0.244 e. The zero-order chi connectivity index (χ0) is 42.4. The highest BCUT2D eigenvalue weighted by Gasteiger charge is 2.28. The van der Waals surface area contributed by atoms with E-state index >= 15 is 0 Å². The second kappa shape index (κ2) is 20.0. The molecule has 19 heteroatoms. The van der Waals surface area contributed by atoms with Gasteiger partial charge in [0.25, 0.3) is 0 Å². The van der Waals surface area contributed by atoms with E-state index in [0.717, 1.165) is 62.5 Å². The lowest BCUT2D eigenvalue weighted by Crippen LogP contribution is -2.22. The van der Waals surface area contributed by atoms with Crippen LogP contribution in [0.25, 0.3) is 0 Å². The van der Waals surface area contributed by atoms with E-state index in [1.165, 1.54) is 71.4 Å². The van der Waals surface area contributed by atoms with E-state index in [9.17, 15) is 26.7 Å². The number of aliphatic hydroxyl groups is 1. The number of ether oxygens (including phenoxy) is 2. The average molecular weight is 935 g/mol. The second-order valence-corrected chi connectivity index (χ2v) is 19.9. The molecular formula is C38H51BrCl2N6O8S2. The van der Waals surface area contributed by atoms with Gasteiger partial charge < -0.3 is 14.6 Å². The van der Waals surface area contributed by atoms with Crippen LogP contribution in [0.15, 0.2) is 50.7 Å². The Morgan fingerprint density at radius 2 is 1.25 bits per heavy atom. The zero-order valence-corrected chi connectivity index (χ0v) is 38.1. The first kappa shape index (κ1) is 47.0. The number of carbonyl (C=O) groups excluding carboxylic acids is 1. The molecule has 3 unspecified atom stereocenters. The standard InChI is InChI=1S/C19H26ClN3O4S.C10H15BrN2O.C9H10ClNO3S/c1-12-18(13(2)23(21-12)17-7-5-6-10-27-17)19(24)14-8-9-16(15(20)11-14)28(25,26)22(3)4;1-7-10(11)8(2)13(12-7)9-5-3-4-6-14-9;1-11(2)15(13,14)9-4-3-7(6-12)5-8(9)10/h8-9,11,17,19,24H,5-7,10H2,1-4H3;9H,3-6H2,1-2H3;3-6H,1-2H3. The van der Waals surface area contributed by atoms with Crippen molar-refractivity contribution in [2.75, 3.05) is 41.4 Å². The molecule has 1 N–H and O–H groups in total. The van der Waals surface area contributed by atoms with E-state index < -0.39 is 26.2 Å². The predicted octanol–water partition coefficient (Wildman–Crippen LogP) is 7.55. The van der Waals surface area contributed by atoms with Crippen LogP contribution in [-0.4, -0.2) is 97.8 Å². The summed E-state index contributed by atoms with van der Waals surface area (Å²) in [4.78, 5) is 10.4. The van der Waals surface area contributed by atoms with Gasteiger partial charge in [-0.2, -0.15) is 10.2 Å². The SMILES string of the molecule is CN(C)S(=O)(=O)c1ccc(C=O)cc1Cl.Cc1nn(C2CCCCO2)c(C)c1Br.Cc1nn(C2CCCCO2)c(C)c1C(O)c1ccc(S(=O)(=O)N(C)C)c(Cl)c1. The molecule has 2 aromatic heterocycles. The molecule has 57 heavy (non-hydrogen) atoms. The highest BCUT2D eigenvalue weighted by atomic mass is 79.9. The third-order valence-corrected chi connectivity index (χ3v) is 15.4. The van der Waals surface area contributed by atoms with Gasteiger partial charge in [0.05, 0.1) is 31.6 Å². The summed E-state index contributed by atoms with van der Waals surface area (Å²) in [6, 6.07) is 8.56. The lowest BCUT2D eigenvalue weighted by Gasteiger charge is -2.24. The maximum absolute atomic E-state index is 12.3. The zero-order valence-electron chi connectivity index (χ0n) is 33.4. The van der Waals surface area contributed by atoms with Crippen LogP contribution in [0.2, 0.25) is 10.0 Å². The van der Waals surface area contributed by atoms with Crippen LogP contribution in [0, 0.1) is 27.7 Å². The molecule has 2 aromatic carbocycles. The number of aromatic nitrogens is 4. The van der Waals surface area contributed by atoms with Crippen LogP contribution < -0.4 is 0 Å². The molecule has 0 bridgehead atoms. The quantitative estimate of drug-likeness (QED) is 0.166. The van der Waals surface area contributed by atoms with Crippen LogP contribution in [-0.2, 0) is 29.5 Å². The maximum atomic E-state index is 12.3. The molecule has 2 saturated heterocycles. The maximum Gasteiger partial charge on any atom is 0.244 e. The van der Waals surface area contributed by atoms with Crippen molar-refractivity contribution in [2.45, 2.75) is 94.6 Å². The van der Waals surface area contributed by atoms with Crippen LogP contribution in [0.4, 0.5) is 0 Å². The molecule has 0 radical (unpaired) electrons. The lowest BCUT2D eigenvalue weighted by atomic mass is 10.00. The van der Waals surface area contributed by atoms with E-state index in [4.69, 9.17) is 32.7 Å². The number of hydrogen-bond donors (Lipinski definition) is 1. The largest absolute Gasteiger partial charge is 0.384 e. The molecule has 6 rings (SSSR count). The lowest BCUT2D eigenvalue weighted by molar-refractivity contribution is -0.0409. The third kappa shape index (κ3) is 10.9. The first-order valence-electron chi connectivity index (χ1n) is 18.3. The monoisotopic (exact) mass is 932 g/mol. The highest BCUT2D eigenvalue weighted by molar-refractivity contribution is 9.10. The molecule has 314 valence electrons. The predicted molar refractivity (Wildman–Crippen MR) is 223 cm³/mol. The summed E-state index contributed by atoms with van der Waals surface area (Å²) in [5.41, 5.74) is 5.29. The number of aliphatic hydroxyl groups excluding tert-OH is 1. The van der Waals surface area contributed by atoms with Crippen LogP contribution in [0.5, 0.6) is 0 Å². The summed E-state index contributed by atoms with van der Waals surface area (Å²) in [5.74, 6) is 0. The topological polar surface area (TPSA) is 166 Å². The Morgan fingerprint density at radius 3 is 1.65 bits per heavy atom. The summed E-state index contributed by atoms with van der Waals surface area (Å²) >= 11 is 15.5. The van der Waals surface area contributed by atoms with Crippen molar-refractivity contribution in [3.8, 4) is 0 Å². The van der Waals surface area contributed by atoms with E-state index in [1.807, 2.05) is 30.1 Å². The van der Waals surface area contributed by atoms with Gasteiger partial charge in [0.1, 0.15) is 34.6 Å². The van der Waals surface area contributed by atoms with Gasteiger partial charge in [0.2, 0.25) is 20.0 Å². The summed E-state index contributed by atoms with van der Waals surface area (Å²) in [6.07, 6.45) is 6.18. The van der Waals surface area contributed by atoms with Crippen LogP contribution in [0.3, 0.4) is 0 Å². The molecule has 0 amide bonds. The minimum atomic E-state index is -3.65. The van der Waals surface area contributed by atoms with Crippen molar-refractivity contribution >= 4 is 65.5 Å². The van der Waals surface area contributed by atoms with Gasteiger partial charge in [-0.15, -0.1) is 0 Å². The van der Waals surface area contributed by atoms with Gasteiger partial charge in [0, 0.05) is 58.2 Å². The highest BCUT2D eigenvalue weighted by Crippen LogP contribution is 2.35. The molecule has 0 saturated carbocycles. The third-order valence-electron chi connectivity index (χ3n) is 9.63. The van der Waals surface area contributed by atoms with Crippen molar-refractivity contribution in [1.29, 1.82) is 0 Å². The molecule has 3 atom stereocenters. The molecule has 0 spiro atoms. The summed E-state index contributed by atoms with van der Waals surface area (Å²) < 4.78 is 66.7. The van der Waals surface area contributed by atoms with Crippen LogP contribution in [0.1, 0.15) is 101 Å². The number of hydrogen-bond acceptors (Lipinski definition) is 10. The summed E-state index contributed by atoms with van der Waals surface area (Å²) in [7, 11) is -1.48. The number of nitrogens with zero attached hydrogens (tertiary/aromatic N) is 6. The normalized spacial score (nSPS) is 18.1. The van der Waals surface area contributed by atoms with E-state index in [0.29, 0.717) is 35.3 Å². The molecular weight excluding hydrogens is 883 g/mol. The van der Waals surface area contributed by atoms with Crippen molar-refractivity contribution < 1.29 is 36.2 Å². The Hall–Kier alpha value is -2.71. The number of rotatable bonds is 9. The average Bonchev–Trinajstić information content (AvgIpc) is 3.63. The second-order valence-electron chi connectivity index (χ2n) is 14.1. The van der Waals surface area contributed by atoms with Gasteiger partial charge in [-0.25, -0.2) is 34.8 Å². The Bertz CT molecular complexity index is 2250. The van der Waals surface area contributed by atoms with Gasteiger partial charge in [-0.3, -0.25) is 4.79 Å².